The number of rotatable bonds is 3. The Labute approximate surface area is 68.4 Å². The van der Waals surface area contributed by atoms with Crippen LogP contribution in [0.25, 0.3) is 0 Å². The minimum Gasteiger partial charge on any atom is -0.303 e. The Bertz CT molecular complexity index is 87.3. The molecule has 0 aromatic rings. The smallest absolute Gasteiger partial charge is 0.0320 e. The zero-order valence-electron chi connectivity index (χ0n) is 6.65. The maximum absolute atomic E-state index is 5.83. The Morgan fingerprint density at radius 1 is 1.40 bits per heavy atom. The van der Waals surface area contributed by atoms with Gasteiger partial charge in [-0.3, -0.25) is 0 Å². The predicted octanol–water partition coefficient (Wildman–Crippen LogP) is 2.10. The number of hydrogen-bond acceptors (Lipinski definition) is 1. The average molecular weight is 162 g/mol. The van der Waals surface area contributed by atoms with Crippen LogP contribution >= 0.6 is 11.6 Å². The van der Waals surface area contributed by atoms with E-state index >= 15 is 0 Å². The molecule has 0 amide bonds. The molecule has 0 spiro atoms. The quantitative estimate of drug-likeness (QED) is 0.574. The molecule has 1 aliphatic rings. The lowest BCUT2D eigenvalue weighted by molar-refractivity contribution is 0.333. The molecule has 1 nitrogen and oxygen atoms in total. The summed E-state index contributed by atoms with van der Waals surface area (Å²) in [5, 5.41) is 0.348. The molecule has 0 N–H and O–H groups in total. The molecule has 0 bridgehead atoms. The molecule has 0 saturated carbocycles. The minimum absolute atomic E-state index is 0.348. The van der Waals surface area contributed by atoms with Crippen LogP contribution in [0.2, 0.25) is 0 Å². The summed E-state index contributed by atoms with van der Waals surface area (Å²) in [6, 6.07) is 0. The maximum Gasteiger partial charge on any atom is 0.0320 e. The molecule has 2 heteroatoms. The SMILES string of the molecule is CC(Cl)CCN1CCCC1. The highest BCUT2D eigenvalue weighted by Gasteiger charge is 2.11. The van der Waals surface area contributed by atoms with Gasteiger partial charge in [0.25, 0.3) is 0 Å². The van der Waals surface area contributed by atoms with Gasteiger partial charge in [-0.15, -0.1) is 11.6 Å². The summed E-state index contributed by atoms with van der Waals surface area (Å²) in [5.74, 6) is 0. The van der Waals surface area contributed by atoms with E-state index < -0.39 is 0 Å². The standard InChI is InChI=1S/C8H16ClN/c1-8(9)4-7-10-5-2-3-6-10/h8H,2-7H2,1H3. The van der Waals surface area contributed by atoms with Gasteiger partial charge in [-0.25, -0.2) is 0 Å². The second kappa shape index (κ2) is 4.20. The lowest BCUT2D eigenvalue weighted by atomic mass is 10.3. The van der Waals surface area contributed by atoms with E-state index in [4.69, 9.17) is 11.6 Å². The molecule has 1 saturated heterocycles. The normalized spacial score (nSPS) is 23.4. The van der Waals surface area contributed by atoms with Crippen LogP contribution in [0.1, 0.15) is 26.2 Å². The average Bonchev–Trinajstić information content (AvgIpc) is 2.34. The molecule has 0 aromatic heterocycles. The molecule has 0 aromatic carbocycles. The van der Waals surface area contributed by atoms with Crippen LogP contribution in [0.3, 0.4) is 0 Å². The monoisotopic (exact) mass is 161 g/mol. The highest BCUT2D eigenvalue weighted by atomic mass is 35.5. The third kappa shape index (κ3) is 2.89. The van der Waals surface area contributed by atoms with E-state index in [1.165, 1.54) is 32.5 Å². The van der Waals surface area contributed by atoms with Crippen molar-refractivity contribution in [2.75, 3.05) is 19.6 Å². The fraction of sp³-hybridized carbons (Fsp3) is 1.00. The third-order valence-electron chi connectivity index (χ3n) is 2.04. The summed E-state index contributed by atoms with van der Waals surface area (Å²) in [6.07, 6.45) is 3.91. The van der Waals surface area contributed by atoms with Crippen molar-refractivity contribution in [1.82, 2.24) is 4.90 Å². The van der Waals surface area contributed by atoms with Crippen molar-refractivity contribution in [3.05, 3.63) is 0 Å². The van der Waals surface area contributed by atoms with Crippen molar-refractivity contribution in [2.24, 2.45) is 0 Å². The first-order chi connectivity index (χ1) is 4.79. The molecule has 60 valence electrons. The summed E-state index contributed by atoms with van der Waals surface area (Å²) in [7, 11) is 0. The first-order valence-electron chi connectivity index (χ1n) is 4.15. The fourth-order valence-corrected chi connectivity index (χ4v) is 1.46. The van der Waals surface area contributed by atoms with E-state index in [2.05, 4.69) is 11.8 Å². The zero-order chi connectivity index (χ0) is 7.40. The summed E-state index contributed by atoms with van der Waals surface area (Å²) in [6.45, 7) is 5.86. The first-order valence-corrected chi connectivity index (χ1v) is 4.59. The van der Waals surface area contributed by atoms with Crippen molar-refractivity contribution in [3.63, 3.8) is 0 Å². The second-order valence-corrected chi connectivity index (χ2v) is 3.86. The van der Waals surface area contributed by atoms with Crippen molar-refractivity contribution in [1.29, 1.82) is 0 Å². The van der Waals surface area contributed by atoms with Gasteiger partial charge in [0.2, 0.25) is 0 Å². The van der Waals surface area contributed by atoms with Gasteiger partial charge in [-0.1, -0.05) is 0 Å². The molecule has 1 heterocycles. The van der Waals surface area contributed by atoms with Crippen LogP contribution < -0.4 is 0 Å². The second-order valence-electron chi connectivity index (χ2n) is 3.12. The van der Waals surface area contributed by atoms with Crippen molar-refractivity contribution in [2.45, 2.75) is 31.6 Å². The van der Waals surface area contributed by atoms with Crippen molar-refractivity contribution in [3.8, 4) is 0 Å². The lowest BCUT2D eigenvalue weighted by Gasteiger charge is -2.14. The number of likely N-dealkylation sites (tertiary alicyclic amines) is 1. The Morgan fingerprint density at radius 3 is 2.50 bits per heavy atom. The van der Waals surface area contributed by atoms with Gasteiger partial charge in [0.05, 0.1) is 0 Å². The molecule has 0 radical (unpaired) electrons. The molecular weight excluding hydrogens is 146 g/mol. The highest BCUT2D eigenvalue weighted by molar-refractivity contribution is 6.20. The molecule has 1 fully saturated rings. The van der Waals surface area contributed by atoms with Gasteiger partial charge in [0.15, 0.2) is 0 Å². The van der Waals surface area contributed by atoms with Crippen LogP contribution in [0.15, 0.2) is 0 Å². The zero-order valence-corrected chi connectivity index (χ0v) is 7.40. The summed E-state index contributed by atoms with van der Waals surface area (Å²) in [4.78, 5) is 2.50. The van der Waals surface area contributed by atoms with Crippen LogP contribution in [0.4, 0.5) is 0 Å². The molecule has 1 aliphatic heterocycles. The van der Waals surface area contributed by atoms with Gasteiger partial charge in [-0.2, -0.15) is 0 Å². The molecule has 0 aliphatic carbocycles. The van der Waals surface area contributed by atoms with Crippen LogP contribution in [0.5, 0.6) is 0 Å². The van der Waals surface area contributed by atoms with Crippen molar-refractivity contribution >= 4 is 11.6 Å². The van der Waals surface area contributed by atoms with Gasteiger partial charge in [0, 0.05) is 5.38 Å². The summed E-state index contributed by atoms with van der Waals surface area (Å²) >= 11 is 5.83. The van der Waals surface area contributed by atoms with Gasteiger partial charge in [0.1, 0.15) is 0 Å². The molecule has 10 heavy (non-hydrogen) atoms. The Hall–Kier alpha value is 0.250. The number of nitrogens with zero attached hydrogens (tertiary/aromatic N) is 1. The summed E-state index contributed by atoms with van der Waals surface area (Å²) < 4.78 is 0. The van der Waals surface area contributed by atoms with E-state index in [0.717, 1.165) is 6.42 Å². The minimum atomic E-state index is 0.348. The third-order valence-corrected chi connectivity index (χ3v) is 2.26. The van der Waals surface area contributed by atoms with E-state index in [-0.39, 0.29) is 0 Å². The number of alkyl halides is 1. The van der Waals surface area contributed by atoms with E-state index in [0.29, 0.717) is 5.38 Å². The van der Waals surface area contributed by atoms with Gasteiger partial charge in [-0.05, 0) is 45.8 Å². The highest BCUT2D eigenvalue weighted by Crippen LogP contribution is 2.09. The predicted molar refractivity (Wildman–Crippen MR) is 45.6 cm³/mol. The first kappa shape index (κ1) is 8.35. The van der Waals surface area contributed by atoms with Crippen LogP contribution in [0, 0.1) is 0 Å². The number of hydrogen-bond donors (Lipinski definition) is 0. The lowest BCUT2D eigenvalue weighted by Crippen LogP contribution is -2.21. The Kier molecular flexibility index (Phi) is 3.50. The summed E-state index contributed by atoms with van der Waals surface area (Å²) in [5.41, 5.74) is 0. The number of halogens is 1. The van der Waals surface area contributed by atoms with E-state index in [1.807, 2.05) is 0 Å². The molecular formula is C8H16ClN. The molecule has 1 unspecified atom stereocenters. The topological polar surface area (TPSA) is 3.24 Å². The van der Waals surface area contributed by atoms with Crippen molar-refractivity contribution < 1.29 is 0 Å². The van der Waals surface area contributed by atoms with E-state index in [1.54, 1.807) is 0 Å². The Balaban J connectivity index is 2.01. The molecule has 1 rings (SSSR count). The fourth-order valence-electron chi connectivity index (χ4n) is 1.37. The maximum atomic E-state index is 5.83. The largest absolute Gasteiger partial charge is 0.303 e. The Morgan fingerprint density at radius 2 is 2.00 bits per heavy atom. The van der Waals surface area contributed by atoms with E-state index in [9.17, 15) is 0 Å². The van der Waals surface area contributed by atoms with Gasteiger partial charge >= 0.3 is 0 Å². The van der Waals surface area contributed by atoms with Crippen LogP contribution in [-0.2, 0) is 0 Å². The van der Waals surface area contributed by atoms with Crippen LogP contribution in [-0.4, -0.2) is 29.9 Å². The molecule has 1 atom stereocenters. The van der Waals surface area contributed by atoms with Gasteiger partial charge < -0.3 is 4.90 Å².